The number of para-hydroxylation sites is 2. The monoisotopic (exact) mass is 628 g/mol. The number of carbonyl (C=O) groups excluding carboxylic acids is 2. The number of rotatable bonds is 14. The predicted molar refractivity (Wildman–Crippen MR) is 181 cm³/mol. The van der Waals surface area contributed by atoms with Crippen LogP contribution in [-0.4, -0.2) is 47.6 Å². The number of aliphatic hydroxyl groups is 1. The van der Waals surface area contributed by atoms with E-state index in [9.17, 15) is 14.7 Å². The van der Waals surface area contributed by atoms with Gasteiger partial charge in [0.15, 0.2) is 6.29 Å². The van der Waals surface area contributed by atoms with Gasteiger partial charge in [-0.1, -0.05) is 67.8 Å². The first-order valence-electron chi connectivity index (χ1n) is 16.7. The summed E-state index contributed by atoms with van der Waals surface area (Å²) < 4.78 is 13.0. The number of amides is 2. The predicted octanol–water partition coefficient (Wildman–Crippen LogP) is 6.71. The number of unbranched alkanes of at least 4 members (excludes halogenated alkanes) is 3. The van der Waals surface area contributed by atoms with Gasteiger partial charge < -0.3 is 35.8 Å². The van der Waals surface area contributed by atoms with Gasteiger partial charge in [0.2, 0.25) is 11.8 Å². The Morgan fingerprint density at radius 3 is 2.11 bits per heavy atom. The molecule has 9 nitrogen and oxygen atoms in total. The molecular formula is C37H48N4O5. The van der Waals surface area contributed by atoms with E-state index in [1.807, 2.05) is 60.7 Å². The van der Waals surface area contributed by atoms with Gasteiger partial charge >= 0.3 is 0 Å². The molecule has 0 bridgehead atoms. The van der Waals surface area contributed by atoms with Crippen LogP contribution in [0.1, 0.15) is 93.3 Å². The largest absolute Gasteiger partial charge is 0.397 e. The fourth-order valence-electron chi connectivity index (χ4n) is 6.16. The third-order valence-electron chi connectivity index (χ3n) is 8.78. The summed E-state index contributed by atoms with van der Waals surface area (Å²) in [5.41, 5.74) is 10.7. The number of hydrogen-bond donors (Lipinski definition) is 4. The average molecular weight is 629 g/mol. The number of anilines is 3. The number of hydrogen-bond acceptors (Lipinski definition) is 7. The standard InChI is InChI=1S/C37H48N4O5/c38-32-10-6-7-11-33(32)40-36(44)13-5-2-1-4-12-35(43)39-30-20-18-29(19-21-30)37-45-31(25-41-22-8-3-9-23-41)24-34(46-37)28-16-14-27(26-42)15-17-28/h6-7,10-11,14-21,31,34,37,42H,1-5,8-9,12-13,22-26,38H2,(H,39,43)(H,40,44)/t31-,34+,37+/m1/s1. The Hall–Kier alpha value is -3.76. The van der Waals surface area contributed by atoms with Crippen LogP contribution in [0.5, 0.6) is 0 Å². The zero-order valence-corrected chi connectivity index (χ0v) is 26.7. The molecule has 2 aliphatic heterocycles. The molecule has 3 aromatic carbocycles. The molecule has 2 fully saturated rings. The summed E-state index contributed by atoms with van der Waals surface area (Å²) in [6.45, 7) is 3.12. The van der Waals surface area contributed by atoms with Gasteiger partial charge in [0.25, 0.3) is 0 Å². The molecule has 9 heteroatoms. The second kappa shape index (κ2) is 17.2. The number of aliphatic hydroxyl groups excluding tert-OH is 1. The van der Waals surface area contributed by atoms with E-state index < -0.39 is 6.29 Å². The summed E-state index contributed by atoms with van der Waals surface area (Å²) >= 11 is 0. The van der Waals surface area contributed by atoms with Gasteiger partial charge in [0.1, 0.15) is 0 Å². The molecule has 3 atom stereocenters. The lowest BCUT2D eigenvalue weighted by atomic mass is 9.99. The van der Waals surface area contributed by atoms with Crippen molar-refractivity contribution in [3.63, 3.8) is 0 Å². The highest BCUT2D eigenvalue weighted by atomic mass is 16.7. The van der Waals surface area contributed by atoms with Crippen LogP contribution in [0.3, 0.4) is 0 Å². The van der Waals surface area contributed by atoms with Crippen LogP contribution in [0.4, 0.5) is 17.1 Å². The molecule has 0 aliphatic carbocycles. The number of nitrogens with two attached hydrogens (primary N) is 1. The van der Waals surface area contributed by atoms with E-state index in [1.165, 1.54) is 19.3 Å². The minimum absolute atomic E-state index is 0.0181. The van der Waals surface area contributed by atoms with Gasteiger partial charge in [-0.05, 0) is 74.2 Å². The third kappa shape index (κ3) is 10.1. The number of ether oxygens (including phenoxy) is 2. The molecule has 5 N–H and O–H groups in total. The van der Waals surface area contributed by atoms with Crippen molar-refractivity contribution < 1.29 is 24.2 Å². The minimum Gasteiger partial charge on any atom is -0.397 e. The maximum atomic E-state index is 12.6. The van der Waals surface area contributed by atoms with Gasteiger partial charge in [-0.2, -0.15) is 0 Å². The summed E-state index contributed by atoms with van der Waals surface area (Å²) in [4.78, 5) is 27.3. The van der Waals surface area contributed by atoms with Crippen molar-refractivity contribution in [1.82, 2.24) is 4.90 Å². The van der Waals surface area contributed by atoms with E-state index in [-0.39, 0.29) is 30.6 Å². The van der Waals surface area contributed by atoms with E-state index in [0.717, 1.165) is 74.1 Å². The van der Waals surface area contributed by atoms with Crippen LogP contribution in [0.25, 0.3) is 0 Å². The number of nitrogens with zero attached hydrogens (tertiary/aromatic N) is 1. The number of piperidine rings is 1. The van der Waals surface area contributed by atoms with Crippen molar-refractivity contribution >= 4 is 28.9 Å². The molecule has 0 radical (unpaired) electrons. The van der Waals surface area contributed by atoms with E-state index in [0.29, 0.717) is 24.2 Å². The molecule has 0 unspecified atom stereocenters. The van der Waals surface area contributed by atoms with E-state index in [4.69, 9.17) is 15.2 Å². The average Bonchev–Trinajstić information content (AvgIpc) is 3.08. The topological polar surface area (TPSA) is 126 Å². The third-order valence-corrected chi connectivity index (χ3v) is 8.78. The van der Waals surface area contributed by atoms with E-state index >= 15 is 0 Å². The molecule has 2 heterocycles. The highest BCUT2D eigenvalue weighted by Gasteiger charge is 2.33. The zero-order chi connectivity index (χ0) is 32.1. The van der Waals surface area contributed by atoms with Crippen LogP contribution in [-0.2, 0) is 25.7 Å². The minimum atomic E-state index is -0.511. The van der Waals surface area contributed by atoms with Crippen LogP contribution in [0.15, 0.2) is 72.8 Å². The summed E-state index contributed by atoms with van der Waals surface area (Å²) in [6, 6.07) is 22.9. The molecule has 2 aliphatic rings. The summed E-state index contributed by atoms with van der Waals surface area (Å²) in [5.74, 6) is -0.0731. The molecule has 0 saturated carbocycles. The summed E-state index contributed by atoms with van der Waals surface area (Å²) in [6.07, 6.45) is 8.09. The van der Waals surface area contributed by atoms with Crippen molar-refractivity contribution in [2.75, 3.05) is 36.0 Å². The highest BCUT2D eigenvalue weighted by molar-refractivity contribution is 5.93. The Kier molecular flexibility index (Phi) is 12.6. The van der Waals surface area contributed by atoms with Gasteiger partial charge in [-0.25, -0.2) is 0 Å². The van der Waals surface area contributed by atoms with Crippen molar-refractivity contribution in [2.45, 2.75) is 89.3 Å². The van der Waals surface area contributed by atoms with Crippen molar-refractivity contribution in [3.8, 4) is 0 Å². The SMILES string of the molecule is Nc1ccccc1NC(=O)CCCCCCC(=O)Nc1ccc([C@H]2O[C@@H](CN3CCCCC3)C[C@@H](c3ccc(CO)cc3)O2)cc1. The van der Waals surface area contributed by atoms with Crippen LogP contribution < -0.4 is 16.4 Å². The Labute approximate surface area is 272 Å². The molecule has 0 spiro atoms. The van der Waals surface area contributed by atoms with E-state index in [2.05, 4.69) is 15.5 Å². The molecule has 0 aromatic heterocycles. The quantitative estimate of drug-likeness (QED) is 0.115. The molecule has 3 aromatic rings. The zero-order valence-electron chi connectivity index (χ0n) is 26.7. The lowest BCUT2D eigenvalue weighted by Gasteiger charge is -2.39. The van der Waals surface area contributed by atoms with Gasteiger partial charge in [0.05, 0.1) is 30.2 Å². The first-order valence-corrected chi connectivity index (χ1v) is 16.7. The van der Waals surface area contributed by atoms with E-state index in [1.54, 1.807) is 12.1 Å². The van der Waals surface area contributed by atoms with Crippen LogP contribution in [0.2, 0.25) is 0 Å². The smallest absolute Gasteiger partial charge is 0.224 e. The first kappa shape index (κ1) is 33.6. The fraction of sp³-hybridized carbons (Fsp3) is 0.459. The molecule has 246 valence electrons. The van der Waals surface area contributed by atoms with Gasteiger partial charge in [0, 0.05) is 37.1 Å². The Bertz CT molecular complexity index is 1390. The molecule has 5 rings (SSSR count). The van der Waals surface area contributed by atoms with Gasteiger partial charge in [-0.15, -0.1) is 0 Å². The number of benzene rings is 3. The Morgan fingerprint density at radius 2 is 1.43 bits per heavy atom. The molecule has 2 saturated heterocycles. The molecule has 2 amide bonds. The second-order valence-corrected chi connectivity index (χ2v) is 12.4. The van der Waals surface area contributed by atoms with Crippen molar-refractivity contribution in [2.24, 2.45) is 0 Å². The van der Waals surface area contributed by atoms with Crippen molar-refractivity contribution in [3.05, 3.63) is 89.5 Å². The first-order chi connectivity index (χ1) is 22.5. The molecule has 46 heavy (non-hydrogen) atoms. The Morgan fingerprint density at radius 1 is 0.783 bits per heavy atom. The summed E-state index contributed by atoms with van der Waals surface area (Å²) in [5, 5.41) is 15.3. The van der Waals surface area contributed by atoms with Crippen molar-refractivity contribution in [1.29, 1.82) is 0 Å². The number of nitrogens with one attached hydrogen (secondary N) is 2. The lowest BCUT2D eigenvalue weighted by Crippen LogP contribution is -2.41. The Balaban J connectivity index is 1.07. The normalized spacial score (nSPS) is 20.2. The highest BCUT2D eigenvalue weighted by Crippen LogP contribution is 2.38. The van der Waals surface area contributed by atoms with Crippen LogP contribution in [0, 0.1) is 0 Å². The fourth-order valence-corrected chi connectivity index (χ4v) is 6.16. The summed E-state index contributed by atoms with van der Waals surface area (Å²) in [7, 11) is 0. The maximum Gasteiger partial charge on any atom is 0.224 e. The van der Waals surface area contributed by atoms with Crippen LogP contribution >= 0.6 is 0 Å². The molecular weight excluding hydrogens is 580 g/mol. The maximum absolute atomic E-state index is 12.6. The number of nitrogen functional groups attached to an aromatic ring is 1. The second-order valence-electron chi connectivity index (χ2n) is 12.4. The van der Waals surface area contributed by atoms with Gasteiger partial charge in [-0.3, -0.25) is 9.59 Å². The number of likely N-dealkylation sites (tertiary alicyclic amines) is 1. The number of carbonyl (C=O) groups is 2. The lowest BCUT2D eigenvalue weighted by molar-refractivity contribution is -0.253.